The van der Waals surface area contributed by atoms with E-state index in [0.717, 1.165) is 44.9 Å². The Balaban J connectivity index is 4.01. The third kappa shape index (κ3) is 38.7. The lowest BCUT2D eigenvalue weighted by Gasteiger charge is -2.20. The molecule has 0 aromatic carbocycles. The molecule has 0 amide bonds. The number of aliphatic hydroxyl groups is 2. The zero-order valence-electron chi connectivity index (χ0n) is 33.5. The minimum atomic E-state index is -4.51. The number of phosphoric ester groups is 1. The van der Waals surface area contributed by atoms with Crippen LogP contribution in [0.5, 0.6) is 0 Å². The van der Waals surface area contributed by atoms with Gasteiger partial charge in [0.05, 0.1) is 26.4 Å². The van der Waals surface area contributed by atoms with Crippen molar-refractivity contribution < 1.29 is 43.0 Å². The number of esters is 1. The van der Waals surface area contributed by atoms with Crippen molar-refractivity contribution in [3.05, 3.63) is 24.3 Å². The molecule has 0 saturated heterocycles. The van der Waals surface area contributed by atoms with E-state index in [2.05, 4.69) is 38.2 Å². The predicted octanol–water partition coefficient (Wildman–Crippen LogP) is 11.5. The van der Waals surface area contributed by atoms with Crippen molar-refractivity contribution in [1.29, 1.82) is 0 Å². The molecule has 3 unspecified atom stereocenters. The Labute approximate surface area is 319 Å². The molecule has 0 aromatic heterocycles. The average molecular weight is 761 g/mol. The van der Waals surface area contributed by atoms with Crippen LogP contribution >= 0.6 is 7.82 Å². The van der Waals surface area contributed by atoms with E-state index in [0.29, 0.717) is 6.61 Å². The van der Waals surface area contributed by atoms with E-state index in [1.54, 1.807) is 0 Å². The maximum atomic E-state index is 12.6. The van der Waals surface area contributed by atoms with Crippen molar-refractivity contribution in [2.45, 2.75) is 206 Å². The van der Waals surface area contributed by atoms with E-state index in [1.165, 1.54) is 128 Å². The van der Waals surface area contributed by atoms with Crippen LogP contribution in [0.15, 0.2) is 24.3 Å². The van der Waals surface area contributed by atoms with Gasteiger partial charge < -0.3 is 24.6 Å². The molecule has 3 N–H and O–H groups in total. The normalized spacial score (nSPS) is 14.3. The SMILES string of the molecule is CCCCCCC/C=C\C/C=C\CCCCCCCCCCCCCC(=O)OC(COCCCCCCCCCC)COP(=O)(O)OCC(O)CO. The summed E-state index contributed by atoms with van der Waals surface area (Å²) < 4.78 is 33.2. The zero-order chi connectivity index (χ0) is 38.2. The van der Waals surface area contributed by atoms with Crippen molar-refractivity contribution in [1.82, 2.24) is 0 Å². The molecule has 0 saturated carbocycles. The van der Waals surface area contributed by atoms with E-state index in [-0.39, 0.29) is 25.6 Å². The summed E-state index contributed by atoms with van der Waals surface area (Å²) in [5, 5.41) is 18.3. The van der Waals surface area contributed by atoms with Gasteiger partial charge in [-0.05, 0) is 44.9 Å². The third-order valence-corrected chi connectivity index (χ3v) is 10.1. The number of allylic oxidation sites excluding steroid dienone is 4. The van der Waals surface area contributed by atoms with Crippen molar-refractivity contribution in [2.24, 2.45) is 0 Å². The van der Waals surface area contributed by atoms with Gasteiger partial charge in [0.1, 0.15) is 12.2 Å². The van der Waals surface area contributed by atoms with Crippen molar-refractivity contribution in [3.8, 4) is 0 Å². The van der Waals surface area contributed by atoms with Gasteiger partial charge in [0.25, 0.3) is 0 Å². The maximum Gasteiger partial charge on any atom is 0.472 e. The Bertz CT molecular complexity index is 866. The summed E-state index contributed by atoms with van der Waals surface area (Å²) in [4.78, 5) is 22.5. The minimum Gasteiger partial charge on any atom is -0.457 e. The minimum absolute atomic E-state index is 0.0514. The molecule has 10 heteroatoms. The highest BCUT2D eigenvalue weighted by Crippen LogP contribution is 2.43. The quantitative estimate of drug-likeness (QED) is 0.0241. The average Bonchev–Trinajstić information content (AvgIpc) is 3.13. The first-order chi connectivity index (χ1) is 25.3. The third-order valence-electron chi connectivity index (χ3n) is 9.14. The topological polar surface area (TPSA) is 132 Å². The second-order valence-corrected chi connectivity index (χ2v) is 15.8. The predicted molar refractivity (Wildman–Crippen MR) is 214 cm³/mol. The smallest absolute Gasteiger partial charge is 0.457 e. The van der Waals surface area contributed by atoms with Gasteiger partial charge in [0.2, 0.25) is 0 Å². The molecule has 0 bridgehead atoms. The zero-order valence-corrected chi connectivity index (χ0v) is 34.4. The molecular weight excluding hydrogens is 679 g/mol. The largest absolute Gasteiger partial charge is 0.472 e. The van der Waals surface area contributed by atoms with Crippen molar-refractivity contribution in [2.75, 3.05) is 33.0 Å². The van der Waals surface area contributed by atoms with Gasteiger partial charge in [-0.25, -0.2) is 4.57 Å². The van der Waals surface area contributed by atoms with Crippen LogP contribution in [0.3, 0.4) is 0 Å². The van der Waals surface area contributed by atoms with E-state index in [9.17, 15) is 19.4 Å². The summed E-state index contributed by atoms with van der Waals surface area (Å²) in [7, 11) is -4.51. The lowest BCUT2D eigenvalue weighted by Crippen LogP contribution is -2.29. The Morgan fingerprint density at radius 2 is 1.04 bits per heavy atom. The van der Waals surface area contributed by atoms with Crippen LogP contribution < -0.4 is 0 Å². The molecule has 0 rings (SSSR count). The molecule has 9 nitrogen and oxygen atoms in total. The Morgan fingerprint density at radius 1 is 0.596 bits per heavy atom. The monoisotopic (exact) mass is 761 g/mol. The number of rotatable bonds is 41. The van der Waals surface area contributed by atoms with Crippen molar-refractivity contribution >= 4 is 13.8 Å². The fourth-order valence-electron chi connectivity index (χ4n) is 5.86. The summed E-state index contributed by atoms with van der Waals surface area (Å²) in [5.41, 5.74) is 0. The molecule has 308 valence electrons. The summed E-state index contributed by atoms with van der Waals surface area (Å²) in [6.07, 6.45) is 40.1. The molecule has 0 radical (unpaired) electrons. The van der Waals surface area contributed by atoms with Crippen LogP contribution in [-0.2, 0) is 27.9 Å². The molecular formula is C42H81O9P. The van der Waals surface area contributed by atoms with Crippen LogP contribution in [0.2, 0.25) is 0 Å². The van der Waals surface area contributed by atoms with Gasteiger partial charge in [0, 0.05) is 13.0 Å². The number of unbranched alkanes of at least 4 members (excludes halogenated alkanes) is 23. The number of carbonyl (C=O) groups is 1. The first-order valence-corrected chi connectivity index (χ1v) is 22.8. The first kappa shape index (κ1) is 50.9. The van der Waals surface area contributed by atoms with E-state index in [1.807, 2.05) is 0 Å². The molecule has 0 aliphatic carbocycles. The fourth-order valence-corrected chi connectivity index (χ4v) is 6.65. The highest BCUT2D eigenvalue weighted by molar-refractivity contribution is 7.47. The van der Waals surface area contributed by atoms with E-state index < -0.39 is 33.2 Å². The van der Waals surface area contributed by atoms with E-state index >= 15 is 0 Å². The highest BCUT2D eigenvalue weighted by Gasteiger charge is 2.26. The Kier molecular flexibility index (Phi) is 38.8. The Morgan fingerprint density at radius 3 is 1.54 bits per heavy atom. The Hall–Kier alpha value is -1.06. The van der Waals surface area contributed by atoms with Gasteiger partial charge in [-0.15, -0.1) is 0 Å². The second kappa shape index (κ2) is 39.6. The van der Waals surface area contributed by atoms with Crippen LogP contribution in [0, 0.1) is 0 Å². The highest BCUT2D eigenvalue weighted by atomic mass is 31.2. The van der Waals surface area contributed by atoms with Crippen LogP contribution in [0.25, 0.3) is 0 Å². The first-order valence-electron chi connectivity index (χ1n) is 21.3. The molecule has 0 heterocycles. The number of ether oxygens (including phenoxy) is 2. The molecule has 0 aliphatic heterocycles. The van der Waals surface area contributed by atoms with Crippen LogP contribution in [0.4, 0.5) is 0 Å². The van der Waals surface area contributed by atoms with E-state index in [4.69, 9.17) is 23.6 Å². The van der Waals surface area contributed by atoms with Gasteiger partial charge in [-0.1, -0.05) is 167 Å². The van der Waals surface area contributed by atoms with Gasteiger partial charge >= 0.3 is 13.8 Å². The summed E-state index contributed by atoms with van der Waals surface area (Å²) in [6, 6.07) is 0. The van der Waals surface area contributed by atoms with Crippen LogP contribution in [-0.4, -0.2) is 66.3 Å². The number of aliphatic hydroxyl groups excluding tert-OH is 2. The maximum absolute atomic E-state index is 12.6. The lowest BCUT2D eigenvalue weighted by atomic mass is 10.0. The molecule has 0 aromatic rings. The summed E-state index contributed by atoms with van der Waals surface area (Å²) >= 11 is 0. The van der Waals surface area contributed by atoms with Gasteiger partial charge in [-0.2, -0.15) is 0 Å². The summed E-state index contributed by atoms with van der Waals surface area (Å²) in [6.45, 7) is 3.49. The number of hydrogen-bond donors (Lipinski definition) is 3. The molecule has 0 aliphatic rings. The molecule has 0 fully saturated rings. The summed E-state index contributed by atoms with van der Waals surface area (Å²) in [5.74, 6) is -0.385. The van der Waals surface area contributed by atoms with Gasteiger partial charge in [-0.3, -0.25) is 13.8 Å². The number of phosphoric acid groups is 1. The lowest BCUT2D eigenvalue weighted by molar-refractivity contribution is -0.154. The fraction of sp³-hybridized carbons (Fsp3) is 0.881. The van der Waals surface area contributed by atoms with Crippen molar-refractivity contribution in [3.63, 3.8) is 0 Å². The molecule has 52 heavy (non-hydrogen) atoms. The standard InChI is InChI=1S/C42H81O9P/c1-3-5-7-9-11-13-14-15-16-17-18-19-20-21-22-23-24-25-26-27-28-30-32-34-42(45)51-41(39-50-52(46,47)49-37-40(44)36-43)38-48-35-33-31-29-12-10-8-6-4-2/h14-15,17-18,40-41,43-44H,3-13,16,19-39H2,1-2H3,(H,46,47)/b15-14-,18-17-. The van der Waals surface area contributed by atoms with Gasteiger partial charge in [0.15, 0.2) is 0 Å². The molecule has 0 spiro atoms. The van der Waals surface area contributed by atoms with Crippen LogP contribution in [0.1, 0.15) is 194 Å². The number of carbonyl (C=O) groups excluding carboxylic acids is 1. The number of hydrogen-bond acceptors (Lipinski definition) is 8. The second-order valence-electron chi connectivity index (χ2n) is 14.4. The molecule has 3 atom stereocenters.